The summed E-state index contributed by atoms with van der Waals surface area (Å²) >= 11 is 0. The van der Waals surface area contributed by atoms with Gasteiger partial charge in [0.2, 0.25) is 0 Å². The molecule has 0 radical (unpaired) electrons. The highest BCUT2D eigenvalue weighted by Crippen LogP contribution is 2.22. The molecule has 0 saturated carbocycles. The van der Waals surface area contributed by atoms with Gasteiger partial charge in [-0.2, -0.15) is 5.26 Å². The van der Waals surface area contributed by atoms with Gasteiger partial charge in [0.25, 0.3) is 0 Å². The molecule has 1 saturated heterocycles. The summed E-state index contributed by atoms with van der Waals surface area (Å²) in [6.45, 7) is 2.76. The van der Waals surface area contributed by atoms with Gasteiger partial charge in [0.1, 0.15) is 5.82 Å². The highest BCUT2D eigenvalue weighted by Gasteiger charge is 2.23. The Morgan fingerprint density at radius 3 is 3.31 bits per heavy atom. The molecule has 1 aromatic rings. The van der Waals surface area contributed by atoms with Crippen molar-refractivity contribution in [2.75, 3.05) is 31.7 Å². The maximum absolute atomic E-state index is 8.82. The maximum atomic E-state index is 8.82. The third-order valence-corrected chi connectivity index (χ3v) is 2.89. The van der Waals surface area contributed by atoms with Crippen molar-refractivity contribution in [1.29, 1.82) is 5.26 Å². The van der Waals surface area contributed by atoms with Crippen molar-refractivity contribution in [2.24, 2.45) is 5.92 Å². The summed E-state index contributed by atoms with van der Waals surface area (Å²) in [4.78, 5) is 6.51. The first-order chi connectivity index (χ1) is 7.83. The predicted octanol–water partition coefficient (Wildman–Crippen LogP) is 1.43. The van der Waals surface area contributed by atoms with Crippen molar-refractivity contribution in [1.82, 2.24) is 4.98 Å². The van der Waals surface area contributed by atoms with Gasteiger partial charge in [0.15, 0.2) is 0 Å². The summed E-state index contributed by atoms with van der Waals surface area (Å²) in [6.07, 6.45) is 2.82. The van der Waals surface area contributed by atoms with Crippen molar-refractivity contribution in [3.05, 3.63) is 23.9 Å². The minimum Gasteiger partial charge on any atom is -0.384 e. The van der Waals surface area contributed by atoms with Crippen LogP contribution in [-0.4, -0.2) is 31.8 Å². The van der Waals surface area contributed by atoms with Crippen molar-refractivity contribution in [2.45, 2.75) is 6.42 Å². The molecule has 84 valence electrons. The SMILES string of the molecule is COCC1CCN(c2cc(C#N)ccn2)C1. The fourth-order valence-corrected chi connectivity index (χ4v) is 2.07. The van der Waals surface area contributed by atoms with E-state index in [1.807, 2.05) is 6.07 Å². The molecule has 1 unspecified atom stereocenters. The first kappa shape index (κ1) is 10.9. The fourth-order valence-electron chi connectivity index (χ4n) is 2.07. The van der Waals surface area contributed by atoms with Crippen LogP contribution in [0.5, 0.6) is 0 Å². The molecule has 0 aliphatic carbocycles. The van der Waals surface area contributed by atoms with Crippen molar-refractivity contribution in [3.63, 3.8) is 0 Å². The number of ether oxygens (including phenoxy) is 1. The van der Waals surface area contributed by atoms with Gasteiger partial charge >= 0.3 is 0 Å². The quantitative estimate of drug-likeness (QED) is 0.768. The number of hydrogen-bond donors (Lipinski definition) is 0. The molecule has 4 nitrogen and oxygen atoms in total. The van der Waals surface area contributed by atoms with Crippen LogP contribution in [0.15, 0.2) is 18.3 Å². The zero-order chi connectivity index (χ0) is 11.4. The van der Waals surface area contributed by atoms with Gasteiger partial charge in [-0.25, -0.2) is 4.98 Å². The Labute approximate surface area is 95.5 Å². The van der Waals surface area contributed by atoms with E-state index >= 15 is 0 Å². The van der Waals surface area contributed by atoms with E-state index in [0.717, 1.165) is 31.9 Å². The first-order valence-electron chi connectivity index (χ1n) is 5.43. The number of methoxy groups -OCH3 is 1. The van der Waals surface area contributed by atoms with Gasteiger partial charge in [0.05, 0.1) is 18.2 Å². The predicted molar refractivity (Wildman–Crippen MR) is 61.1 cm³/mol. The lowest BCUT2D eigenvalue weighted by atomic mass is 10.1. The Balaban J connectivity index is 2.06. The average Bonchev–Trinajstić information content (AvgIpc) is 2.78. The van der Waals surface area contributed by atoms with Crippen molar-refractivity contribution >= 4 is 5.82 Å². The molecule has 2 heterocycles. The van der Waals surface area contributed by atoms with Crippen LogP contribution in [0.4, 0.5) is 5.82 Å². The minimum absolute atomic E-state index is 0.581. The largest absolute Gasteiger partial charge is 0.384 e. The summed E-state index contributed by atoms with van der Waals surface area (Å²) in [6, 6.07) is 5.71. The molecule has 1 fully saturated rings. The van der Waals surface area contributed by atoms with Crippen LogP contribution in [0.3, 0.4) is 0 Å². The number of rotatable bonds is 3. The van der Waals surface area contributed by atoms with Gasteiger partial charge < -0.3 is 9.64 Å². The molecule has 4 heteroatoms. The lowest BCUT2D eigenvalue weighted by Gasteiger charge is -2.17. The van der Waals surface area contributed by atoms with Crippen LogP contribution in [-0.2, 0) is 4.74 Å². The van der Waals surface area contributed by atoms with E-state index < -0.39 is 0 Å². The van der Waals surface area contributed by atoms with E-state index in [9.17, 15) is 0 Å². The second-order valence-electron chi connectivity index (χ2n) is 4.07. The molecule has 1 atom stereocenters. The zero-order valence-electron chi connectivity index (χ0n) is 9.39. The highest BCUT2D eigenvalue weighted by molar-refractivity contribution is 5.45. The second kappa shape index (κ2) is 4.95. The molecule has 0 aromatic carbocycles. The molecular formula is C12H15N3O. The fraction of sp³-hybridized carbons (Fsp3) is 0.500. The van der Waals surface area contributed by atoms with E-state index in [-0.39, 0.29) is 0 Å². The monoisotopic (exact) mass is 217 g/mol. The van der Waals surface area contributed by atoms with Crippen molar-refractivity contribution < 1.29 is 4.74 Å². The van der Waals surface area contributed by atoms with Crippen LogP contribution in [0, 0.1) is 17.2 Å². The molecule has 0 bridgehead atoms. The maximum Gasteiger partial charge on any atom is 0.129 e. The van der Waals surface area contributed by atoms with E-state index in [0.29, 0.717) is 11.5 Å². The lowest BCUT2D eigenvalue weighted by molar-refractivity contribution is 0.161. The number of hydrogen-bond acceptors (Lipinski definition) is 4. The Morgan fingerprint density at radius 1 is 1.69 bits per heavy atom. The van der Waals surface area contributed by atoms with Crippen LogP contribution in [0.2, 0.25) is 0 Å². The molecule has 1 aliphatic heterocycles. The van der Waals surface area contributed by atoms with Crippen LogP contribution < -0.4 is 4.90 Å². The summed E-state index contributed by atoms with van der Waals surface area (Å²) in [5.74, 6) is 1.48. The Hall–Kier alpha value is -1.60. The third kappa shape index (κ3) is 2.31. The summed E-state index contributed by atoms with van der Waals surface area (Å²) in [5.41, 5.74) is 0.667. The smallest absolute Gasteiger partial charge is 0.129 e. The van der Waals surface area contributed by atoms with Gasteiger partial charge in [0, 0.05) is 32.3 Å². The van der Waals surface area contributed by atoms with Gasteiger partial charge in [-0.1, -0.05) is 0 Å². The minimum atomic E-state index is 0.581. The number of nitriles is 1. The number of pyridine rings is 1. The molecule has 2 rings (SSSR count). The van der Waals surface area contributed by atoms with Gasteiger partial charge in [-0.05, 0) is 18.6 Å². The summed E-state index contributed by atoms with van der Waals surface area (Å²) < 4.78 is 5.16. The normalized spacial score (nSPS) is 19.8. The van der Waals surface area contributed by atoms with Gasteiger partial charge in [-0.3, -0.25) is 0 Å². The van der Waals surface area contributed by atoms with Crippen LogP contribution in [0.25, 0.3) is 0 Å². The summed E-state index contributed by atoms with van der Waals surface area (Å²) in [5, 5.41) is 8.82. The molecule has 0 N–H and O–H groups in total. The molecule has 0 amide bonds. The molecule has 1 aromatic heterocycles. The van der Waals surface area contributed by atoms with E-state index in [2.05, 4.69) is 16.0 Å². The van der Waals surface area contributed by atoms with E-state index in [1.165, 1.54) is 0 Å². The molecular weight excluding hydrogens is 202 g/mol. The number of aromatic nitrogens is 1. The molecule has 0 spiro atoms. The van der Waals surface area contributed by atoms with Gasteiger partial charge in [-0.15, -0.1) is 0 Å². The van der Waals surface area contributed by atoms with Crippen molar-refractivity contribution in [3.8, 4) is 6.07 Å². The lowest BCUT2D eigenvalue weighted by Crippen LogP contribution is -2.21. The third-order valence-electron chi connectivity index (χ3n) is 2.89. The highest BCUT2D eigenvalue weighted by atomic mass is 16.5. The Morgan fingerprint density at radius 2 is 2.56 bits per heavy atom. The standard InChI is InChI=1S/C12H15N3O/c1-16-9-11-3-5-15(8-11)12-6-10(7-13)2-4-14-12/h2,4,6,11H,3,5,8-9H2,1H3. The zero-order valence-corrected chi connectivity index (χ0v) is 9.39. The number of nitrogens with zero attached hydrogens (tertiary/aromatic N) is 3. The van der Waals surface area contributed by atoms with E-state index in [4.69, 9.17) is 10.00 Å². The van der Waals surface area contributed by atoms with E-state index in [1.54, 1.807) is 19.4 Å². The second-order valence-corrected chi connectivity index (χ2v) is 4.07. The number of anilines is 1. The molecule has 1 aliphatic rings. The van der Waals surface area contributed by atoms with Crippen LogP contribution in [0.1, 0.15) is 12.0 Å². The van der Waals surface area contributed by atoms with Crippen LogP contribution >= 0.6 is 0 Å². The first-order valence-corrected chi connectivity index (χ1v) is 5.43. The average molecular weight is 217 g/mol. The Kier molecular flexibility index (Phi) is 3.37. The topological polar surface area (TPSA) is 49.1 Å². The Bertz CT molecular complexity index is 399. The molecule has 16 heavy (non-hydrogen) atoms. The summed E-state index contributed by atoms with van der Waals surface area (Å²) in [7, 11) is 1.73.